The van der Waals surface area contributed by atoms with E-state index in [1.165, 1.54) is 24.3 Å². The van der Waals surface area contributed by atoms with Crippen LogP contribution in [-0.4, -0.2) is 16.7 Å². The summed E-state index contributed by atoms with van der Waals surface area (Å²) in [5.74, 6) is -1.39. The molecule has 0 aliphatic rings. The summed E-state index contributed by atoms with van der Waals surface area (Å²) in [5.41, 5.74) is 5.85. The minimum atomic E-state index is -0.753. The highest BCUT2D eigenvalue weighted by atomic mass is 35.5. The van der Waals surface area contributed by atoms with Gasteiger partial charge in [-0.1, -0.05) is 11.6 Å². The zero-order valence-electron chi connectivity index (χ0n) is 10.3. The van der Waals surface area contributed by atoms with Crippen LogP contribution in [0.1, 0.15) is 20.0 Å². The van der Waals surface area contributed by atoms with E-state index in [1.807, 2.05) is 0 Å². The molecule has 0 unspecified atom stereocenters. The van der Waals surface area contributed by atoms with Gasteiger partial charge in [0.15, 0.2) is 4.34 Å². The molecule has 21 heavy (non-hydrogen) atoms. The van der Waals surface area contributed by atoms with Gasteiger partial charge in [-0.3, -0.25) is 25.0 Å². The first-order valence-electron chi connectivity index (χ1n) is 5.53. The second kappa shape index (κ2) is 5.90. The summed E-state index contributed by atoms with van der Waals surface area (Å²) in [6.07, 6.45) is 0. The zero-order chi connectivity index (χ0) is 15.6. The lowest BCUT2D eigenvalue weighted by atomic mass is 10.2. The Morgan fingerprint density at radius 1 is 1.24 bits per heavy atom. The van der Waals surface area contributed by atoms with Gasteiger partial charge < -0.3 is 5.73 Å². The van der Waals surface area contributed by atoms with E-state index < -0.39 is 16.7 Å². The number of halogens is 1. The Labute approximate surface area is 127 Å². The van der Waals surface area contributed by atoms with Crippen molar-refractivity contribution in [1.29, 1.82) is 0 Å². The summed E-state index contributed by atoms with van der Waals surface area (Å²) < 4.78 is -0.120. The third-order valence-electron chi connectivity index (χ3n) is 2.49. The molecule has 0 atom stereocenters. The van der Waals surface area contributed by atoms with Gasteiger partial charge in [0.05, 0.1) is 4.92 Å². The molecule has 0 fully saturated rings. The van der Waals surface area contributed by atoms with E-state index >= 15 is 0 Å². The molecule has 3 N–H and O–H groups in total. The van der Waals surface area contributed by atoms with Crippen LogP contribution in [0, 0.1) is 10.1 Å². The molecule has 1 aromatic carbocycles. The number of anilines is 1. The van der Waals surface area contributed by atoms with Gasteiger partial charge in [0.1, 0.15) is 4.88 Å². The third kappa shape index (κ3) is 3.36. The lowest BCUT2D eigenvalue weighted by molar-refractivity contribution is -0.384. The maximum absolute atomic E-state index is 11.9. The number of amides is 2. The number of imide groups is 1. The number of nitrogens with two attached hydrogens (primary N) is 1. The lowest BCUT2D eigenvalue weighted by Gasteiger charge is -2.02. The molecule has 2 aromatic rings. The second-order valence-corrected chi connectivity index (χ2v) is 5.59. The number of hydrogen-bond donors (Lipinski definition) is 2. The molecule has 0 saturated carbocycles. The molecule has 0 aliphatic carbocycles. The summed E-state index contributed by atoms with van der Waals surface area (Å²) in [7, 11) is 0. The van der Waals surface area contributed by atoms with Gasteiger partial charge in [0.25, 0.3) is 17.5 Å². The summed E-state index contributed by atoms with van der Waals surface area (Å²) in [6, 6.07) is 6.99. The van der Waals surface area contributed by atoms with Crippen LogP contribution in [0.5, 0.6) is 0 Å². The van der Waals surface area contributed by atoms with E-state index in [4.69, 9.17) is 17.3 Å². The minimum absolute atomic E-state index is 0.0181. The molecule has 0 saturated heterocycles. The van der Waals surface area contributed by atoms with Crippen molar-refractivity contribution in [3.8, 4) is 0 Å². The molecule has 1 heterocycles. The number of nitrogen functional groups attached to an aromatic ring is 1. The summed E-state index contributed by atoms with van der Waals surface area (Å²) in [5, 5.41) is 12.8. The molecule has 7 nitrogen and oxygen atoms in total. The Morgan fingerprint density at radius 2 is 1.86 bits per heavy atom. The number of rotatable bonds is 3. The van der Waals surface area contributed by atoms with Gasteiger partial charge in [-0.25, -0.2) is 0 Å². The maximum Gasteiger partial charge on any atom is 0.299 e. The van der Waals surface area contributed by atoms with Gasteiger partial charge in [0.2, 0.25) is 0 Å². The smallest absolute Gasteiger partial charge is 0.299 e. The summed E-state index contributed by atoms with van der Waals surface area (Å²) in [4.78, 5) is 33.6. The fraction of sp³-hybridized carbons (Fsp3) is 0. The number of hydrogen-bond acceptors (Lipinski definition) is 6. The van der Waals surface area contributed by atoms with Crippen LogP contribution in [0.25, 0.3) is 0 Å². The number of carbonyl (C=O) groups is 2. The van der Waals surface area contributed by atoms with Crippen molar-refractivity contribution in [3.05, 3.63) is 55.2 Å². The molecule has 0 spiro atoms. The van der Waals surface area contributed by atoms with E-state index in [0.29, 0.717) is 5.69 Å². The number of benzene rings is 1. The SMILES string of the molecule is Nc1ccc(C(=O)NC(=O)c2cc([N+](=O)[O-])c(Cl)s2)cc1. The third-order valence-corrected chi connectivity index (χ3v) is 3.83. The highest BCUT2D eigenvalue weighted by molar-refractivity contribution is 7.18. The molecular weight excluding hydrogens is 318 g/mol. The Morgan fingerprint density at radius 3 is 2.38 bits per heavy atom. The summed E-state index contributed by atoms with van der Waals surface area (Å²) in [6.45, 7) is 0. The summed E-state index contributed by atoms with van der Waals surface area (Å²) >= 11 is 6.38. The van der Waals surface area contributed by atoms with Crippen molar-refractivity contribution < 1.29 is 14.5 Å². The highest BCUT2D eigenvalue weighted by Crippen LogP contribution is 2.33. The van der Waals surface area contributed by atoms with Crippen LogP contribution >= 0.6 is 22.9 Å². The van der Waals surface area contributed by atoms with E-state index in [9.17, 15) is 19.7 Å². The van der Waals surface area contributed by atoms with E-state index in [-0.39, 0.29) is 20.5 Å². The molecule has 9 heteroatoms. The van der Waals surface area contributed by atoms with Crippen LogP contribution in [0.15, 0.2) is 30.3 Å². The fourth-order valence-electron chi connectivity index (χ4n) is 1.47. The van der Waals surface area contributed by atoms with Crippen molar-refractivity contribution in [2.75, 3.05) is 5.73 Å². The van der Waals surface area contributed by atoms with Gasteiger partial charge >= 0.3 is 0 Å². The second-order valence-electron chi connectivity index (χ2n) is 3.93. The van der Waals surface area contributed by atoms with E-state index in [2.05, 4.69) is 5.32 Å². The molecule has 0 aliphatic heterocycles. The fourth-order valence-corrected chi connectivity index (χ4v) is 2.59. The highest BCUT2D eigenvalue weighted by Gasteiger charge is 2.22. The van der Waals surface area contributed by atoms with Crippen LogP contribution in [0.3, 0.4) is 0 Å². The standard InChI is InChI=1S/C12H8ClN3O4S/c13-10-8(16(19)20)5-9(21-10)12(18)15-11(17)6-1-3-7(14)4-2-6/h1-5H,14H2,(H,15,17,18). The largest absolute Gasteiger partial charge is 0.399 e. The Bertz CT molecular complexity index is 727. The van der Waals surface area contributed by atoms with Crippen molar-refractivity contribution in [2.24, 2.45) is 0 Å². The van der Waals surface area contributed by atoms with E-state index in [0.717, 1.165) is 17.4 Å². The van der Waals surface area contributed by atoms with Gasteiger partial charge in [0, 0.05) is 17.3 Å². The molecule has 1 aromatic heterocycles. The lowest BCUT2D eigenvalue weighted by Crippen LogP contribution is -2.29. The minimum Gasteiger partial charge on any atom is -0.399 e. The predicted octanol–water partition coefficient (Wildman–Crippen LogP) is 2.46. The Balaban J connectivity index is 2.14. The molecule has 0 radical (unpaired) electrons. The number of nitro groups is 1. The van der Waals surface area contributed by atoms with Crippen LogP contribution in [-0.2, 0) is 0 Å². The van der Waals surface area contributed by atoms with Gasteiger partial charge in [-0.05, 0) is 24.3 Å². The number of nitrogens with one attached hydrogen (secondary N) is 1. The number of thiophene rings is 1. The Hall–Kier alpha value is -2.45. The van der Waals surface area contributed by atoms with Gasteiger partial charge in [-0.2, -0.15) is 0 Å². The topological polar surface area (TPSA) is 115 Å². The molecule has 2 amide bonds. The van der Waals surface area contributed by atoms with E-state index in [1.54, 1.807) is 0 Å². The molecule has 0 bridgehead atoms. The Kier molecular flexibility index (Phi) is 4.20. The average molecular weight is 326 g/mol. The monoisotopic (exact) mass is 325 g/mol. The number of carbonyl (C=O) groups excluding carboxylic acids is 2. The maximum atomic E-state index is 11.9. The van der Waals surface area contributed by atoms with Crippen molar-refractivity contribution in [1.82, 2.24) is 5.32 Å². The van der Waals surface area contributed by atoms with Gasteiger partial charge in [-0.15, -0.1) is 11.3 Å². The van der Waals surface area contributed by atoms with Crippen molar-refractivity contribution in [3.63, 3.8) is 0 Å². The van der Waals surface area contributed by atoms with Crippen molar-refractivity contribution in [2.45, 2.75) is 0 Å². The van der Waals surface area contributed by atoms with Crippen LogP contribution < -0.4 is 11.1 Å². The average Bonchev–Trinajstić information content (AvgIpc) is 2.81. The van der Waals surface area contributed by atoms with Crippen molar-refractivity contribution >= 4 is 46.1 Å². The zero-order valence-corrected chi connectivity index (χ0v) is 11.9. The molecular formula is C12H8ClN3O4S. The quantitative estimate of drug-likeness (QED) is 0.389. The molecule has 2 rings (SSSR count). The number of nitrogens with zero attached hydrogens (tertiary/aromatic N) is 1. The van der Waals surface area contributed by atoms with Crippen LogP contribution in [0.2, 0.25) is 4.34 Å². The first-order chi connectivity index (χ1) is 9.88. The first-order valence-corrected chi connectivity index (χ1v) is 6.73. The first kappa shape index (κ1) is 14.9. The predicted molar refractivity (Wildman–Crippen MR) is 78.6 cm³/mol. The van der Waals surface area contributed by atoms with Crippen LogP contribution in [0.4, 0.5) is 11.4 Å². The normalized spacial score (nSPS) is 10.1. The molecule has 108 valence electrons.